The quantitative estimate of drug-likeness (QED) is 0.354. The van der Waals surface area contributed by atoms with Crippen LogP contribution in [-0.4, -0.2) is 40.3 Å². The number of aromatic nitrogens is 2. The normalized spacial score (nSPS) is 14.9. The number of Topliss-reactive ketones (excluding diaryl/α,β-unsaturated/α-hetero) is 1. The van der Waals surface area contributed by atoms with E-state index in [1.807, 2.05) is 19.9 Å². The summed E-state index contributed by atoms with van der Waals surface area (Å²) in [6.07, 6.45) is 6.26. The largest absolute Gasteiger partial charge is 0.464 e. The van der Waals surface area contributed by atoms with Crippen molar-refractivity contribution in [3.05, 3.63) is 93.6 Å². The molecule has 0 spiro atoms. The van der Waals surface area contributed by atoms with Gasteiger partial charge in [-0.2, -0.15) is 0 Å². The summed E-state index contributed by atoms with van der Waals surface area (Å²) in [6, 6.07) is 9.87. The molecule has 0 unspecified atom stereocenters. The molecule has 0 aliphatic heterocycles. The predicted octanol–water partition coefficient (Wildman–Crippen LogP) is 5.12. The molecular formula is C28H26Cl2N4O4. The number of ketones is 1. The minimum atomic E-state index is -0.778. The smallest absolute Gasteiger partial charge is 0.328 e. The van der Waals surface area contributed by atoms with E-state index in [9.17, 15) is 14.4 Å². The van der Waals surface area contributed by atoms with Crippen LogP contribution in [-0.2, 0) is 20.7 Å². The molecule has 1 aliphatic rings. The van der Waals surface area contributed by atoms with Crippen LogP contribution in [0.15, 0.2) is 66.9 Å². The molecule has 0 bridgehead atoms. The van der Waals surface area contributed by atoms with Crippen LogP contribution in [0.25, 0.3) is 5.57 Å². The summed E-state index contributed by atoms with van der Waals surface area (Å²) in [5.74, 6) is -0.918. The number of esters is 1. The number of nitrogens with zero attached hydrogens (tertiary/aromatic N) is 2. The molecule has 196 valence electrons. The number of amides is 1. The first-order valence-corrected chi connectivity index (χ1v) is 12.7. The molecule has 2 aromatic heterocycles. The molecule has 0 saturated carbocycles. The van der Waals surface area contributed by atoms with E-state index in [1.165, 1.54) is 12.4 Å². The summed E-state index contributed by atoms with van der Waals surface area (Å²) in [5, 5.41) is 6.34. The van der Waals surface area contributed by atoms with E-state index in [0.717, 1.165) is 5.56 Å². The van der Waals surface area contributed by atoms with E-state index in [2.05, 4.69) is 20.6 Å². The first kappa shape index (κ1) is 27.3. The Balaban J connectivity index is 1.54. The lowest BCUT2D eigenvalue weighted by atomic mass is 9.67. The van der Waals surface area contributed by atoms with Gasteiger partial charge >= 0.3 is 5.97 Å². The zero-order chi connectivity index (χ0) is 27.4. The molecule has 0 radical (unpaired) electrons. The van der Waals surface area contributed by atoms with Crippen molar-refractivity contribution in [1.29, 1.82) is 0 Å². The Hall–Kier alpha value is -3.75. The summed E-state index contributed by atoms with van der Waals surface area (Å²) in [4.78, 5) is 46.4. The van der Waals surface area contributed by atoms with Gasteiger partial charge < -0.3 is 15.4 Å². The highest BCUT2D eigenvalue weighted by atomic mass is 35.5. The van der Waals surface area contributed by atoms with Crippen molar-refractivity contribution in [2.75, 3.05) is 11.9 Å². The molecule has 10 heteroatoms. The van der Waals surface area contributed by atoms with Crippen LogP contribution in [0.5, 0.6) is 0 Å². The van der Waals surface area contributed by atoms with Gasteiger partial charge in [-0.1, -0.05) is 41.4 Å². The Morgan fingerprint density at radius 3 is 2.32 bits per heavy atom. The topological polar surface area (TPSA) is 110 Å². The van der Waals surface area contributed by atoms with Gasteiger partial charge in [0, 0.05) is 53.7 Å². The van der Waals surface area contributed by atoms with Crippen LogP contribution in [0.1, 0.15) is 42.3 Å². The summed E-state index contributed by atoms with van der Waals surface area (Å²) in [6.45, 7) is 5.60. The number of carbonyl (C=O) groups is 3. The molecule has 2 heterocycles. The molecule has 0 fully saturated rings. The van der Waals surface area contributed by atoms with Gasteiger partial charge in [-0.05, 0) is 44.5 Å². The maximum absolute atomic E-state index is 12.9. The second-order valence-corrected chi connectivity index (χ2v) is 10.0. The number of hydrogen-bond acceptors (Lipinski definition) is 7. The molecule has 1 atom stereocenters. The van der Waals surface area contributed by atoms with Crippen LogP contribution in [0, 0.1) is 5.41 Å². The zero-order valence-corrected chi connectivity index (χ0v) is 22.6. The van der Waals surface area contributed by atoms with Gasteiger partial charge in [0.05, 0.1) is 27.6 Å². The summed E-state index contributed by atoms with van der Waals surface area (Å²) < 4.78 is 5.32. The van der Waals surface area contributed by atoms with Gasteiger partial charge in [0.15, 0.2) is 5.78 Å². The molecule has 2 N–H and O–H groups in total. The highest BCUT2D eigenvalue weighted by Gasteiger charge is 2.48. The number of carbonyl (C=O) groups excluding carboxylic acids is 3. The van der Waals surface area contributed by atoms with Crippen molar-refractivity contribution in [3.8, 4) is 0 Å². The average molecular weight is 553 g/mol. The molecule has 4 rings (SSSR count). The molecule has 1 aromatic carbocycles. The molecule has 0 saturated heterocycles. The average Bonchev–Trinajstić information content (AvgIpc) is 2.89. The van der Waals surface area contributed by atoms with Gasteiger partial charge in [0.2, 0.25) is 0 Å². The number of nitrogens with one attached hydrogen (secondary N) is 2. The number of anilines is 1. The Bertz CT molecular complexity index is 1390. The molecule has 3 aromatic rings. The van der Waals surface area contributed by atoms with E-state index in [0.29, 0.717) is 28.9 Å². The van der Waals surface area contributed by atoms with Gasteiger partial charge in [-0.15, -0.1) is 0 Å². The Morgan fingerprint density at radius 2 is 1.71 bits per heavy atom. The molecule has 8 nitrogen and oxygen atoms in total. The van der Waals surface area contributed by atoms with Crippen LogP contribution in [0.3, 0.4) is 0 Å². The summed E-state index contributed by atoms with van der Waals surface area (Å²) in [5.41, 5.74) is 2.58. The predicted molar refractivity (Wildman–Crippen MR) is 146 cm³/mol. The zero-order valence-electron chi connectivity index (χ0n) is 21.0. The maximum atomic E-state index is 12.9. The summed E-state index contributed by atoms with van der Waals surface area (Å²) in [7, 11) is 0. The minimum Gasteiger partial charge on any atom is -0.464 e. The Labute approximate surface area is 230 Å². The van der Waals surface area contributed by atoms with Crippen molar-refractivity contribution >= 4 is 52.1 Å². The van der Waals surface area contributed by atoms with E-state index >= 15 is 0 Å². The fraction of sp³-hybridized carbons (Fsp3) is 0.250. The second kappa shape index (κ2) is 11.3. The first-order chi connectivity index (χ1) is 18.1. The third-order valence-electron chi connectivity index (χ3n) is 6.24. The minimum absolute atomic E-state index is 0.0230. The second-order valence-electron chi connectivity index (χ2n) is 9.23. The van der Waals surface area contributed by atoms with E-state index in [4.69, 9.17) is 27.9 Å². The van der Waals surface area contributed by atoms with Crippen molar-refractivity contribution in [3.63, 3.8) is 0 Å². The third kappa shape index (κ3) is 5.56. The van der Waals surface area contributed by atoms with E-state index in [-0.39, 0.29) is 28.0 Å². The number of halogens is 2. The molecule has 1 amide bonds. The maximum Gasteiger partial charge on any atom is 0.328 e. The third-order valence-corrected chi connectivity index (χ3v) is 6.81. The van der Waals surface area contributed by atoms with Crippen molar-refractivity contribution in [2.45, 2.75) is 33.2 Å². The fourth-order valence-electron chi connectivity index (χ4n) is 4.22. The molecule has 38 heavy (non-hydrogen) atoms. The number of pyridine rings is 2. The number of allylic oxidation sites excluding steroid dienone is 2. The Kier molecular flexibility index (Phi) is 8.14. The number of rotatable bonds is 9. The fourth-order valence-corrected chi connectivity index (χ4v) is 4.76. The van der Waals surface area contributed by atoms with Crippen molar-refractivity contribution in [2.24, 2.45) is 5.41 Å². The highest BCUT2D eigenvalue weighted by Crippen LogP contribution is 2.45. The number of benzene rings is 1. The number of hydrogen-bond donors (Lipinski definition) is 2. The number of ether oxygens (including phenoxy) is 1. The lowest BCUT2D eigenvalue weighted by Gasteiger charge is -2.41. The van der Waals surface area contributed by atoms with E-state index < -0.39 is 23.3 Å². The van der Waals surface area contributed by atoms with Crippen molar-refractivity contribution in [1.82, 2.24) is 15.3 Å². The van der Waals surface area contributed by atoms with Crippen LogP contribution < -0.4 is 10.6 Å². The van der Waals surface area contributed by atoms with Crippen LogP contribution in [0.2, 0.25) is 10.0 Å². The highest BCUT2D eigenvalue weighted by molar-refractivity contribution is 6.40. The molecular weight excluding hydrogens is 527 g/mol. The summed E-state index contributed by atoms with van der Waals surface area (Å²) >= 11 is 12.2. The molecule has 1 aliphatic carbocycles. The van der Waals surface area contributed by atoms with Gasteiger partial charge in [0.1, 0.15) is 6.04 Å². The van der Waals surface area contributed by atoms with E-state index in [1.54, 1.807) is 49.6 Å². The monoisotopic (exact) mass is 552 g/mol. The first-order valence-electron chi connectivity index (χ1n) is 12.0. The standard InChI is InChI=1S/C28H26Cl2N4O4/c1-4-38-27(37)21(34-24-22(25(35)28(24,2)3)17-6-5-11-31-13-17)12-16-7-9-18(10-8-16)33-26(36)23-19(29)14-32-15-20(23)30/h5-11,13-15,21,34H,4,12H2,1-3H3,(H,33,36)/t21-/m0/s1. The Morgan fingerprint density at radius 1 is 1.03 bits per heavy atom. The van der Waals surface area contributed by atoms with Gasteiger partial charge in [-0.3, -0.25) is 19.6 Å². The van der Waals surface area contributed by atoms with Crippen molar-refractivity contribution < 1.29 is 19.1 Å². The van der Waals surface area contributed by atoms with Gasteiger partial charge in [0.25, 0.3) is 5.91 Å². The lowest BCUT2D eigenvalue weighted by molar-refractivity contribution is -0.145. The van der Waals surface area contributed by atoms with Crippen LogP contribution in [0.4, 0.5) is 5.69 Å². The van der Waals surface area contributed by atoms with Gasteiger partial charge in [-0.25, -0.2) is 4.79 Å². The SMILES string of the molecule is CCOC(=O)[C@H](Cc1ccc(NC(=O)c2c(Cl)cncc2Cl)cc1)NC1=C(c2cccnc2)C(=O)C1(C)C. The van der Waals surface area contributed by atoms with Crippen LogP contribution >= 0.6 is 23.2 Å². The lowest BCUT2D eigenvalue weighted by Crippen LogP contribution is -2.50.